The van der Waals surface area contributed by atoms with Gasteiger partial charge in [-0.05, 0) is 35.7 Å². The van der Waals surface area contributed by atoms with Gasteiger partial charge in [-0.3, -0.25) is 4.79 Å². The summed E-state index contributed by atoms with van der Waals surface area (Å²) in [4.78, 5) is 18.5. The number of hydrogen-bond donors (Lipinski definition) is 0. The predicted octanol–water partition coefficient (Wildman–Crippen LogP) is 6.16. The molecule has 1 aromatic heterocycles. The molecule has 6 heteroatoms. The largest absolute Gasteiger partial charge is 0.473 e. The molecule has 2 heterocycles. The van der Waals surface area contributed by atoms with E-state index in [2.05, 4.69) is 4.98 Å². The molecule has 0 N–H and O–H groups in total. The van der Waals surface area contributed by atoms with Crippen LogP contribution >= 0.6 is 0 Å². The fourth-order valence-corrected chi connectivity index (χ4v) is 3.89. The summed E-state index contributed by atoms with van der Waals surface area (Å²) in [7, 11) is 0. The number of carbonyl (C=O) groups excluding carboxylic acids is 1. The Morgan fingerprint density at radius 1 is 0.771 bits per heavy atom. The lowest BCUT2D eigenvalue weighted by atomic mass is 10.2. The van der Waals surface area contributed by atoms with Crippen LogP contribution in [-0.4, -0.2) is 17.4 Å². The van der Waals surface area contributed by atoms with Crippen LogP contribution in [-0.2, 0) is 18.0 Å². The minimum Gasteiger partial charge on any atom is -0.473 e. The first-order valence-electron chi connectivity index (χ1n) is 11.7. The molecular formula is C29H26N2O4. The molecule has 1 aliphatic rings. The molecule has 35 heavy (non-hydrogen) atoms. The number of nitrogens with zero attached hydrogens (tertiary/aromatic N) is 2. The van der Waals surface area contributed by atoms with E-state index in [4.69, 9.17) is 14.2 Å². The van der Waals surface area contributed by atoms with Crippen molar-refractivity contribution in [1.82, 2.24) is 4.98 Å². The summed E-state index contributed by atoms with van der Waals surface area (Å²) in [6.45, 7) is 1.47. The van der Waals surface area contributed by atoms with E-state index in [-0.39, 0.29) is 5.91 Å². The quantitative estimate of drug-likeness (QED) is 0.296. The summed E-state index contributed by atoms with van der Waals surface area (Å²) in [5, 5.41) is 0. The third kappa shape index (κ3) is 5.79. The molecule has 0 aliphatic carbocycles. The van der Waals surface area contributed by atoms with Crippen LogP contribution in [0.3, 0.4) is 0 Å². The standard InChI is InChI=1S/C29H26N2O4/c32-28-15-8-18-31(28)24-13-7-14-25(19-24)35-26-16-17-27(33-20-22-9-3-1-4-10-22)30-29(26)34-21-23-11-5-2-6-12-23/h1-7,9-14,16-17,19H,8,15,18,20-21H2. The third-order valence-corrected chi connectivity index (χ3v) is 5.68. The van der Waals surface area contributed by atoms with Crippen molar-refractivity contribution < 1.29 is 19.0 Å². The van der Waals surface area contributed by atoms with Crippen LogP contribution in [0.1, 0.15) is 24.0 Å². The number of amides is 1. The van der Waals surface area contributed by atoms with Gasteiger partial charge in [0.25, 0.3) is 5.88 Å². The van der Waals surface area contributed by atoms with E-state index in [0.29, 0.717) is 42.9 Å². The maximum atomic E-state index is 12.2. The van der Waals surface area contributed by atoms with Gasteiger partial charge in [-0.15, -0.1) is 0 Å². The van der Waals surface area contributed by atoms with Crippen LogP contribution in [0.2, 0.25) is 0 Å². The predicted molar refractivity (Wildman–Crippen MR) is 134 cm³/mol. The third-order valence-electron chi connectivity index (χ3n) is 5.68. The van der Waals surface area contributed by atoms with E-state index in [9.17, 15) is 4.79 Å². The van der Waals surface area contributed by atoms with Gasteiger partial charge in [-0.1, -0.05) is 66.7 Å². The molecule has 4 aromatic rings. The number of benzene rings is 3. The fraction of sp³-hybridized carbons (Fsp3) is 0.172. The van der Waals surface area contributed by atoms with E-state index in [1.165, 1.54) is 0 Å². The average Bonchev–Trinajstić information content (AvgIpc) is 3.34. The fourth-order valence-electron chi connectivity index (χ4n) is 3.89. The zero-order valence-electron chi connectivity index (χ0n) is 19.3. The molecule has 6 nitrogen and oxygen atoms in total. The van der Waals surface area contributed by atoms with E-state index in [1.807, 2.05) is 84.9 Å². The molecule has 0 atom stereocenters. The molecule has 0 spiro atoms. The number of anilines is 1. The van der Waals surface area contributed by atoms with Gasteiger partial charge in [-0.25, -0.2) is 0 Å². The van der Waals surface area contributed by atoms with E-state index in [0.717, 1.165) is 29.8 Å². The molecule has 3 aromatic carbocycles. The van der Waals surface area contributed by atoms with E-state index < -0.39 is 0 Å². The van der Waals surface area contributed by atoms with Gasteiger partial charge in [0, 0.05) is 30.8 Å². The highest BCUT2D eigenvalue weighted by Gasteiger charge is 2.22. The molecule has 1 amide bonds. The van der Waals surface area contributed by atoms with Gasteiger partial charge in [0.1, 0.15) is 19.0 Å². The van der Waals surface area contributed by atoms with E-state index in [1.54, 1.807) is 17.0 Å². The van der Waals surface area contributed by atoms with Gasteiger partial charge in [0.05, 0.1) is 0 Å². The zero-order chi connectivity index (χ0) is 23.9. The maximum Gasteiger partial charge on any atom is 0.261 e. The number of pyridine rings is 1. The summed E-state index contributed by atoms with van der Waals surface area (Å²) >= 11 is 0. The van der Waals surface area contributed by atoms with Crippen molar-refractivity contribution in [1.29, 1.82) is 0 Å². The number of rotatable bonds is 9. The van der Waals surface area contributed by atoms with E-state index >= 15 is 0 Å². The Labute approximate surface area is 204 Å². The first kappa shape index (κ1) is 22.5. The zero-order valence-corrected chi connectivity index (χ0v) is 19.3. The van der Waals surface area contributed by atoms with Crippen molar-refractivity contribution in [2.75, 3.05) is 11.4 Å². The molecular weight excluding hydrogens is 440 g/mol. The molecule has 176 valence electrons. The number of ether oxygens (including phenoxy) is 3. The first-order valence-corrected chi connectivity index (χ1v) is 11.7. The minimum atomic E-state index is 0.135. The second-order valence-electron chi connectivity index (χ2n) is 8.25. The van der Waals surface area contributed by atoms with Crippen molar-refractivity contribution in [3.8, 4) is 23.3 Å². The Kier molecular flexibility index (Phi) is 6.89. The summed E-state index contributed by atoms with van der Waals surface area (Å²) in [6.07, 6.45) is 1.45. The van der Waals surface area contributed by atoms with Gasteiger partial charge < -0.3 is 19.1 Å². The Hall–Kier alpha value is -4.32. The van der Waals surface area contributed by atoms with Crippen molar-refractivity contribution in [3.05, 3.63) is 108 Å². The molecule has 1 aliphatic heterocycles. The number of carbonyl (C=O) groups is 1. The highest BCUT2D eigenvalue weighted by Crippen LogP contribution is 2.34. The second kappa shape index (κ2) is 10.7. The highest BCUT2D eigenvalue weighted by atomic mass is 16.5. The lowest BCUT2D eigenvalue weighted by Crippen LogP contribution is -2.23. The van der Waals surface area contributed by atoms with Crippen molar-refractivity contribution in [3.63, 3.8) is 0 Å². The molecule has 0 unspecified atom stereocenters. The second-order valence-corrected chi connectivity index (χ2v) is 8.25. The van der Waals surface area contributed by atoms with Crippen LogP contribution in [0.4, 0.5) is 5.69 Å². The van der Waals surface area contributed by atoms with Crippen molar-refractivity contribution in [2.24, 2.45) is 0 Å². The number of hydrogen-bond acceptors (Lipinski definition) is 5. The van der Waals surface area contributed by atoms with Crippen molar-refractivity contribution >= 4 is 11.6 Å². The number of aromatic nitrogens is 1. The lowest BCUT2D eigenvalue weighted by Gasteiger charge is -2.17. The Morgan fingerprint density at radius 2 is 1.49 bits per heavy atom. The van der Waals surface area contributed by atoms with Gasteiger partial charge in [0.2, 0.25) is 11.8 Å². The van der Waals surface area contributed by atoms with Gasteiger partial charge in [0.15, 0.2) is 5.75 Å². The van der Waals surface area contributed by atoms with Crippen molar-refractivity contribution in [2.45, 2.75) is 26.1 Å². The van der Waals surface area contributed by atoms with Gasteiger partial charge >= 0.3 is 0 Å². The Bertz CT molecular complexity index is 1280. The van der Waals surface area contributed by atoms with Crippen LogP contribution in [0, 0.1) is 0 Å². The lowest BCUT2D eigenvalue weighted by molar-refractivity contribution is -0.117. The molecule has 1 saturated heterocycles. The van der Waals surface area contributed by atoms with Gasteiger partial charge in [-0.2, -0.15) is 4.98 Å². The summed E-state index contributed by atoms with van der Waals surface area (Å²) < 4.78 is 18.1. The summed E-state index contributed by atoms with van der Waals surface area (Å²) in [5.41, 5.74) is 2.90. The van der Waals surface area contributed by atoms with Crippen LogP contribution < -0.4 is 19.1 Å². The molecule has 5 rings (SSSR count). The Balaban J connectivity index is 1.36. The maximum absolute atomic E-state index is 12.2. The average molecular weight is 467 g/mol. The van der Waals surface area contributed by atoms with Crippen LogP contribution in [0.25, 0.3) is 0 Å². The molecule has 0 saturated carbocycles. The molecule has 0 radical (unpaired) electrons. The molecule has 1 fully saturated rings. The summed E-state index contributed by atoms with van der Waals surface area (Å²) in [5.74, 6) is 1.99. The normalized spacial score (nSPS) is 13.0. The van der Waals surface area contributed by atoms with Crippen LogP contribution in [0.5, 0.6) is 23.3 Å². The molecule has 0 bridgehead atoms. The minimum absolute atomic E-state index is 0.135. The highest BCUT2D eigenvalue weighted by molar-refractivity contribution is 5.95. The first-order chi connectivity index (χ1) is 17.2. The van der Waals surface area contributed by atoms with Crippen LogP contribution in [0.15, 0.2) is 97.1 Å². The Morgan fingerprint density at radius 3 is 2.17 bits per heavy atom. The topological polar surface area (TPSA) is 60.9 Å². The monoisotopic (exact) mass is 466 g/mol. The SMILES string of the molecule is O=C1CCCN1c1cccc(Oc2ccc(OCc3ccccc3)nc2OCc2ccccc2)c1. The smallest absolute Gasteiger partial charge is 0.261 e. The summed E-state index contributed by atoms with van der Waals surface area (Å²) in [6, 6.07) is 30.9.